The van der Waals surface area contributed by atoms with Gasteiger partial charge in [0.1, 0.15) is 5.82 Å². The van der Waals surface area contributed by atoms with Crippen molar-refractivity contribution in [1.82, 2.24) is 20.2 Å². The van der Waals surface area contributed by atoms with Crippen LogP contribution in [0.2, 0.25) is 0 Å². The lowest BCUT2D eigenvalue weighted by molar-refractivity contribution is -0.137. The fourth-order valence-electron chi connectivity index (χ4n) is 2.39. The molecule has 7 heteroatoms. The quantitative estimate of drug-likeness (QED) is 0.854. The number of rotatable bonds is 4. The SMILES string of the molecule is Cc1nccc(CNC(=O)N2CCCC2CC(=O)O)n1. The molecule has 2 heterocycles. The highest BCUT2D eigenvalue weighted by atomic mass is 16.4. The lowest BCUT2D eigenvalue weighted by Crippen LogP contribution is -2.43. The van der Waals surface area contributed by atoms with Crippen molar-refractivity contribution in [2.45, 2.75) is 38.8 Å². The average molecular weight is 278 g/mol. The Hall–Kier alpha value is -2.18. The number of carboxylic acids is 1. The summed E-state index contributed by atoms with van der Waals surface area (Å²) < 4.78 is 0. The number of aryl methyl sites for hydroxylation is 1. The summed E-state index contributed by atoms with van der Waals surface area (Å²) in [5.74, 6) is -0.220. The molecule has 1 aromatic heterocycles. The average Bonchev–Trinajstić information content (AvgIpc) is 2.83. The smallest absolute Gasteiger partial charge is 0.317 e. The van der Waals surface area contributed by atoms with Crippen LogP contribution in [0.25, 0.3) is 0 Å². The monoisotopic (exact) mass is 278 g/mol. The third kappa shape index (κ3) is 3.66. The molecule has 1 aliphatic heterocycles. The molecule has 0 aliphatic carbocycles. The Labute approximate surface area is 117 Å². The maximum Gasteiger partial charge on any atom is 0.317 e. The zero-order valence-corrected chi connectivity index (χ0v) is 11.4. The van der Waals surface area contributed by atoms with Crippen LogP contribution in [0.4, 0.5) is 4.79 Å². The molecule has 1 saturated heterocycles. The summed E-state index contributed by atoms with van der Waals surface area (Å²) in [6.45, 7) is 2.71. The molecule has 1 aliphatic rings. The van der Waals surface area contributed by atoms with E-state index >= 15 is 0 Å². The van der Waals surface area contributed by atoms with Crippen LogP contribution in [0, 0.1) is 6.92 Å². The summed E-state index contributed by atoms with van der Waals surface area (Å²) in [5, 5.41) is 11.6. The Morgan fingerprint density at radius 1 is 1.55 bits per heavy atom. The predicted octanol–water partition coefficient (Wildman–Crippen LogP) is 0.934. The summed E-state index contributed by atoms with van der Waals surface area (Å²) in [6, 6.07) is 1.30. The lowest BCUT2D eigenvalue weighted by atomic mass is 10.1. The minimum Gasteiger partial charge on any atom is -0.481 e. The van der Waals surface area contributed by atoms with Crippen LogP contribution in [-0.4, -0.2) is 44.6 Å². The number of urea groups is 1. The van der Waals surface area contributed by atoms with Gasteiger partial charge in [-0.05, 0) is 25.8 Å². The second-order valence-electron chi connectivity index (χ2n) is 4.84. The second-order valence-corrected chi connectivity index (χ2v) is 4.84. The van der Waals surface area contributed by atoms with Crippen molar-refractivity contribution in [2.24, 2.45) is 0 Å². The van der Waals surface area contributed by atoms with E-state index in [0.29, 0.717) is 18.9 Å². The number of carbonyl (C=O) groups excluding carboxylic acids is 1. The van der Waals surface area contributed by atoms with Crippen molar-refractivity contribution in [3.8, 4) is 0 Å². The van der Waals surface area contributed by atoms with E-state index in [1.165, 1.54) is 0 Å². The molecule has 1 unspecified atom stereocenters. The highest BCUT2D eigenvalue weighted by Gasteiger charge is 2.30. The third-order valence-corrected chi connectivity index (χ3v) is 3.30. The van der Waals surface area contributed by atoms with Gasteiger partial charge in [-0.2, -0.15) is 0 Å². The third-order valence-electron chi connectivity index (χ3n) is 3.30. The van der Waals surface area contributed by atoms with Crippen LogP contribution < -0.4 is 5.32 Å². The van der Waals surface area contributed by atoms with Crippen LogP contribution in [0.15, 0.2) is 12.3 Å². The van der Waals surface area contributed by atoms with Crippen molar-refractivity contribution >= 4 is 12.0 Å². The molecule has 108 valence electrons. The van der Waals surface area contributed by atoms with Crippen LogP contribution in [0.1, 0.15) is 30.8 Å². The number of nitrogens with zero attached hydrogens (tertiary/aromatic N) is 3. The molecule has 2 N–H and O–H groups in total. The molecule has 0 aromatic carbocycles. The van der Waals surface area contributed by atoms with Gasteiger partial charge in [-0.1, -0.05) is 0 Å². The van der Waals surface area contributed by atoms with Gasteiger partial charge < -0.3 is 15.3 Å². The maximum atomic E-state index is 12.1. The molecule has 7 nitrogen and oxygen atoms in total. The number of nitrogens with one attached hydrogen (secondary N) is 1. The first-order valence-corrected chi connectivity index (χ1v) is 6.61. The van der Waals surface area contributed by atoms with E-state index in [1.54, 1.807) is 24.1 Å². The molecule has 0 spiro atoms. The minimum atomic E-state index is -0.874. The number of carboxylic acid groups (broad SMARTS) is 1. The van der Waals surface area contributed by atoms with Crippen molar-refractivity contribution in [2.75, 3.05) is 6.54 Å². The van der Waals surface area contributed by atoms with Gasteiger partial charge in [0.15, 0.2) is 0 Å². The van der Waals surface area contributed by atoms with E-state index in [1.807, 2.05) is 0 Å². The number of aromatic nitrogens is 2. The number of hydrogen-bond donors (Lipinski definition) is 2. The molecule has 2 rings (SSSR count). The van der Waals surface area contributed by atoms with Crippen molar-refractivity contribution in [3.05, 3.63) is 23.8 Å². The van der Waals surface area contributed by atoms with Crippen molar-refractivity contribution < 1.29 is 14.7 Å². The number of hydrogen-bond acceptors (Lipinski definition) is 4. The first-order chi connectivity index (χ1) is 9.56. The largest absolute Gasteiger partial charge is 0.481 e. The van der Waals surface area contributed by atoms with Crippen LogP contribution in [0.3, 0.4) is 0 Å². The summed E-state index contributed by atoms with van der Waals surface area (Å²) in [5.41, 5.74) is 0.736. The first kappa shape index (κ1) is 14.2. The molecular weight excluding hydrogens is 260 g/mol. The molecular formula is C13H18N4O3. The second kappa shape index (κ2) is 6.31. The lowest BCUT2D eigenvalue weighted by Gasteiger charge is -2.23. The Morgan fingerprint density at radius 2 is 2.35 bits per heavy atom. The highest BCUT2D eigenvalue weighted by Crippen LogP contribution is 2.20. The van der Waals surface area contributed by atoms with E-state index in [9.17, 15) is 9.59 Å². The molecule has 20 heavy (non-hydrogen) atoms. The molecule has 1 fully saturated rings. The molecule has 1 aromatic rings. The minimum absolute atomic E-state index is 0.0000349. The molecule has 0 saturated carbocycles. The summed E-state index contributed by atoms with van der Waals surface area (Å²) in [7, 11) is 0. The van der Waals surface area contributed by atoms with Gasteiger partial charge in [0.2, 0.25) is 0 Å². The van der Waals surface area contributed by atoms with E-state index in [0.717, 1.165) is 18.5 Å². The van der Waals surface area contributed by atoms with Crippen molar-refractivity contribution in [1.29, 1.82) is 0 Å². The van der Waals surface area contributed by atoms with Gasteiger partial charge >= 0.3 is 12.0 Å². The molecule has 0 bridgehead atoms. The molecule has 1 atom stereocenters. The number of aliphatic carboxylic acids is 1. The zero-order valence-electron chi connectivity index (χ0n) is 11.4. The van der Waals surface area contributed by atoms with E-state index in [-0.39, 0.29) is 18.5 Å². The van der Waals surface area contributed by atoms with E-state index in [2.05, 4.69) is 15.3 Å². The molecule has 0 radical (unpaired) electrons. The van der Waals surface area contributed by atoms with Gasteiger partial charge in [0.25, 0.3) is 0 Å². The normalized spacial score (nSPS) is 18.1. The summed E-state index contributed by atoms with van der Waals surface area (Å²) in [4.78, 5) is 32.6. The van der Waals surface area contributed by atoms with Gasteiger partial charge in [0, 0.05) is 18.8 Å². The van der Waals surface area contributed by atoms with E-state index in [4.69, 9.17) is 5.11 Å². The fourth-order valence-corrected chi connectivity index (χ4v) is 2.39. The zero-order chi connectivity index (χ0) is 14.5. The standard InChI is InChI=1S/C13H18N4O3/c1-9-14-5-4-10(16-9)8-15-13(20)17-6-2-3-11(17)7-12(18)19/h4-5,11H,2-3,6-8H2,1H3,(H,15,20)(H,18,19). The van der Waals surface area contributed by atoms with Crippen LogP contribution >= 0.6 is 0 Å². The van der Waals surface area contributed by atoms with Crippen molar-refractivity contribution in [3.63, 3.8) is 0 Å². The highest BCUT2D eigenvalue weighted by molar-refractivity contribution is 5.76. The Kier molecular flexibility index (Phi) is 4.49. The van der Waals surface area contributed by atoms with Crippen LogP contribution in [-0.2, 0) is 11.3 Å². The fraction of sp³-hybridized carbons (Fsp3) is 0.538. The Balaban J connectivity index is 1.89. The number of likely N-dealkylation sites (tertiary alicyclic amines) is 1. The van der Waals surface area contributed by atoms with Gasteiger partial charge in [0.05, 0.1) is 18.7 Å². The van der Waals surface area contributed by atoms with Crippen LogP contribution in [0.5, 0.6) is 0 Å². The van der Waals surface area contributed by atoms with Gasteiger partial charge in [-0.15, -0.1) is 0 Å². The Bertz CT molecular complexity index is 506. The summed E-state index contributed by atoms with van der Waals surface area (Å²) in [6.07, 6.45) is 3.23. The van der Waals surface area contributed by atoms with E-state index < -0.39 is 5.97 Å². The first-order valence-electron chi connectivity index (χ1n) is 6.61. The van der Waals surface area contributed by atoms with Gasteiger partial charge in [-0.25, -0.2) is 14.8 Å². The summed E-state index contributed by atoms with van der Waals surface area (Å²) >= 11 is 0. The predicted molar refractivity (Wildman–Crippen MR) is 71.0 cm³/mol. The number of carbonyl (C=O) groups is 2. The Morgan fingerprint density at radius 3 is 3.05 bits per heavy atom. The topological polar surface area (TPSA) is 95.4 Å². The molecule has 2 amide bonds. The number of amides is 2. The van der Waals surface area contributed by atoms with Gasteiger partial charge in [-0.3, -0.25) is 4.79 Å². The maximum absolute atomic E-state index is 12.1.